The van der Waals surface area contributed by atoms with Crippen molar-refractivity contribution >= 4 is 55.8 Å². The van der Waals surface area contributed by atoms with E-state index in [-0.39, 0.29) is 24.1 Å². The maximum absolute atomic E-state index is 14.3. The number of halogens is 2. The summed E-state index contributed by atoms with van der Waals surface area (Å²) >= 11 is 1.32. The number of benzene rings is 3. The Balaban J connectivity index is 0.00000306. The number of nitrogens with zero attached hydrogens (tertiary/aromatic N) is 3. The highest BCUT2D eigenvalue weighted by atomic mass is 35.5. The van der Waals surface area contributed by atoms with Gasteiger partial charge in [0.2, 0.25) is 0 Å². The molecule has 1 amide bonds. The molecule has 33 heavy (non-hydrogen) atoms. The number of carbonyl (C=O) groups excluding carboxylic acids is 1. The average Bonchev–Trinajstić information content (AvgIpc) is 3.26. The second-order valence-electron chi connectivity index (χ2n) is 7.47. The van der Waals surface area contributed by atoms with Crippen LogP contribution in [0.1, 0.15) is 24.2 Å². The minimum absolute atomic E-state index is 0. The van der Waals surface area contributed by atoms with Crippen molar-refractivity contribution in [1.29, 1.82) is 0 Å². The van der Waals surface area contributed by atoms with Gasteiger partial charge in [-0.2, -0.15) is 0 Å². The summed E-state index contributed by atoms with van der Waals surface area (Å²) in [5.41, 5.74) is 0.754. The molecule has 0 atom stereocenters. The quantitative estimate of drug-likeness (QED) is 0.305. The van der Waals surface area contributed by atoms with Gasteiger partial charge in [-0.1, -0.05) is 55.5 Å². The number of anilines is 1. The molecule has 0 radical (unpaired) electrons. The van der Waals surface area contributed by atoms with E-state index in [1.54, 1.807) is 18.1 Å². The largest absolute Gasteiger partial charge is 0.496 e. The molecule has 5 nitrogen and oxygen atoms in total. The second-order valence-corrected chi connectivity index (χ2v) is 8.48. The number of hydrogen-bond acceptors (Lipinski definition) is 5. The summed E-state index contributed by atoms with van der Waals surface area (Å²) in [5, 5.41) is 2.44. The highest BCUT2D eigenvalue weighted by molar-refractivity contribution is 7.22. The van der Waals surface area contributed by atoms with E-state index in [1.165, 1.54) is 17.4 Å². The number of amides is 1. The Hall–Kier alpha value is -2.74. The summed E-state index contributed by atoms with van der Waals surface area (Å²) in [6.07, 6.45) is 0. The van der Waals surface area contributed by atoms with Crippen LogP contribution in [0.25, 0.3) is 21.0 Å². The third-order valence-corrected chi connectivity index (χ3v) is 6.71. The topological polar surface area (TPSA) is 45.7 Å². The third-order valence-electron chi connectivity index (χ3n) is 5.67. The average molecular weight is 488 g/mol. The molecule has 0 saturated heterocycles. The molecule has 0 N–H and O–H groups in total. The number of para-hydroxylation sites is 1. The molecule has 4 aromatic rings. The zero-order chi connectivity index (χ0) is 22.7. The fraction of sp³-hybridized carbons (Fsp3) is 0.280. The van der Waals surface area contributed by atoms with E-state index in [0.717, 1.165) is 23.9 Å². The number of ether oxygens (including phenoxy) is 1. The van der Waals surface area contributed by atoms with E-state index in [2.05, 4.69) is 23.7 Å². The lowest BCUT2D eigenvalue weighted by Gasteiger charge is -2.25. The molecule has 0 unspecified atom stereocenters. The van der Waals surface area contributed by atoms with Crippen molar-refractivity contribution in [3.63, 3.8) is 0 Å². The van der Waals surface area contributed by atoms with Gasteiger partial charge in [0.15, 0.2) is 5.13 Å². The van der Waals surface area contributed by atoms with Gasteiger partial charge in [-0.25, -0.2) is 9.37 Å². The molecule has 3 aromatic carbocycles. The fourth-order valence-electron chi connectivity index (χ4n) is 3.78. The minimum atomic E-state index is -0.385. The summed E-state index contributed by atoms with van der Waals surface area (Å²) in [7, 11) is 1.56. The lowest BCUT2D eigenvalue weighted by atomic mass is 10.0. The van der Waals surface area contributed by atoms with E-state index in [9.17, 15) is 9.18 Å². The van der Waals surface area contributed by atoms with Gasteiger partial charge in [0, 0.05) is 13.1 Å². The normalized spacial score (nSPS) is 11.1. The standard InChI is InChI=1S/C25H26FN3O2S.ClH/c1-4-28(5-2)13-14-29(25-27-23-20(26)11-8-12-22(23)32-25)24(30)19-15-17-9-6-7-10-18(17)16-21(19)31-3;/h6-12,15-16H,4-5,13-14H2,1-3H3;1H. The molecule has 0 aliphatic heterocycles. The van der Waals surface area contributed by atoms with Crippen LogP contribution in [0.15, 0.2) is 54.6 Å². The van der Waals surface area contributed by atoms with Crippen molar-refractivity contribution in [2.45, 2.75) is 13.8 Å². The number of fused-ring (bicyclic) bond motifs is 2. The molecule has 8 heteroatoms. The van der Waals surface area contributed by atoms with Gasteiger partial charge in [-0.05, 0) is 48.1 Å². The second kappa shape index (κ2) is 10.9. The van der Waals surface area contributed by atoms with Crippen molar-refractivity contribution in [2.75, 3.05) is 38.2 Å². The maximum atomic E-state index is 14.3. The summed E-state index contributed by atoms with van der Waals surface area (Å²) in [6, 6.07) is 16.5. The highest BCUT2D eigenvalue weighted by Gasteiger charge is 2.25. The zero-order valence-electron chi connectivity index (χ0n) is 18.9. The molecule has 0 fully saturated rings. The molecular weight excluding hydrogens is 461 g/mol. The van der Waals surface area contributed by atoms with Crippen LogP contribution in [0.3, 0.4) is 0 Å². The van der Waals surface area contributed by atoms with Crippen molar-refractivity contribution in [2.24, 2.45) is 0 Å². The predicted octanol–water partition coefficient (Wildman–Crippen LogP) is 6.01. The van der Waals surface area contributed by atoms with Crippen LogP contribution in [-0.4, -0.2) is 49.1 Å². The summed E-state index contributed by atoms with van der Waals surface area (Å²) in [6.45, 7) is 7.08. The Labute approximate surface area is 203 Å². The van der Waals surface area contributed by atoms with Gasteiger partial charge >= 0.3 is 0 Å². The fourth-order valence-corrected chi connectivity index (χ4v) is 4.79. The van der Waals surface area contributed by atoms with E-state index in [4.69, 9.17) is 4.74 Å². The van der Waals surface area contributed by atoms with Gasteiger partial charge in [0.1, 0.15) is 17.1 Å². The summed E-state index contributed by atoms with van der Waals surface area (Å²) < 4.78 is 20.6. The maximum Gasteiger partial charge on any atom is 0.263 e. The molecular formula is C25H27ClFN3O2S. The van der Waals surface area contributed by atoms with Crippen LogP contribution >= 0.6 is 23.7 Å². The zero-order valence-corrected chi connectivity index (χ0v) is 20.5. The van der Waals surface area contributed by atoms with E-state index < -0.39 is 0 Å². The van der Waals surface area contributed by atoms with Crippen molar-refractivity contribution < 1.29 is 13.9 Å². The predicted molar refractivity (Wildman–Crippen MR) is 137 cm³/mol. The first-order valence-corrected chi connectivity index (χ1v) is 11.5. The molecule has 0 spiro atoms. The van der Waals surface area contributed by atoms with Crippen molar-refractivity contribution in [1.82, 2.24) is 9.88 Å². The number of hydrogen-bond donors (Lipinski definition) is 0. The molecule has 1 aromatic heterocycles. The Morgan fingerprint density at radius 2 is 1.73 bits per heavy atom. The molecule has 0 aliphatic rings. The van der Waals surface area contributed by atoms with Gasteiger partial charge < -0.3 is 9.64 Å². The minimum Gasteiger partial charge on any atom is -0.496 e. The monoisotopic (exact) mass is 487 g/mol. The third kappa shape index (κ3) is 5.11. The Bertz CT molecular complexity index is 1260. The van der Waals surface area contributed by atoms with Crippen LogP contribution in [0.2, 0.25) is 0 Å². The first-order valence-electron chi connectivity index (χ1n) is 10.7. The Morgan fingerprint density at radius 3 is 2.36 bits per heavy atom. The Kier molecular flexibility index (Phi) is 8.24. The number of aromatic nitrogens is 1. The Morgan fingerprint density at radius 1 is 1.03 bits per heavy atom. The first kappa shape index (κ1) is 24.9. The lowest BCUT2D eigenvalue weighted by Crippen LogP contribution is -2.39. The number of thiazole rings is 1. The smallest absolute Gasteiger partial charge is 0.263 e. The molecule has 0 bridgehead atoms. The van der Waals surface area contributed by atoms with Gasteiger partial charge in [0.25, 0.3) is 5.91 Å². The molecule has 0 aliphatic carbocycles. The van der Waals surface area contributed by atoms with Gasteiger partial charge in [-0.3, -0.25) is 9.69 Å². The molecule has 4 rings (SSSR count). The highest BCUT2D eigenvalue weighted by Crippen LogP contribution is 2.33. The summed E-state index contributed by atoms with van der Waals surface area (Å²) in [5.74, 6) is -0.0857. The first-order chi connectivity index (χ1) is 15.5. The van der Waals surface area contributed by atoms with Crippen LogP contribution in [-0.2, 0) is 0 Å². The van der Waals surface area contributed by atoms with E-state index in [0.29, 0.717) is 39.8 Å². The number of likely N-dealkylation sites (N-methyl/N-ethyl adjacent to an activating group) is 1. The molecule has 174 valence electrons. The summed E-state index contributed by atoms with van der Waals surface area (Å²) in [4.78, 5) is 22.2. The SMILES string of the molecule is CCN(CC)CCN(C(=O)c1cc2ccccc2cc1OC)c1nc2c(F)cccc2s1.Cl. The van der Waals surface area contributed by atoms with E-state index in [1.807, 2.05) is 42.5 Å². The van der Waals surface area contributed by atoms with Crippen LogP contribution in [0, 0.1) is 5.82 Å². The number of methoxy groups -OCH3 is 1. The lowest BCUT2D eigenvalue weighted by molar-refractivity contribution is 0.0981. The number of carbonyl (C=O) groups is 1. The van der Waals surface area contributed by atoms with Gasteiger partial charge in [-0.15, -0.1) is 12.4 Å². The molecule has 0 saturated carbocycles. The van der Waals surface area contributed by atoms with Gasteiger partial charge in [0.05, 0.1) is 17.4 Å². The van der Waals surface area contributed by atoms with Crippen molar-refractivity contribution in [3.05, 3.63) is 66.0 Å². The van der Waals surface area contributed by atoms with Crippen LogP contribution in [0.4, 0.5) is 9.52 Å². The molecule has 1 heterocycles. The van der Waals surface area contributed by atoms with Crippen molar-refractivity contribution in [3.8, 4) is 5.75 Å². The van der Waals surface area contributed by atoms with Crippen LogP contribution < -0.4 is 9.64 Å². The van der Waals surface area contributed by atoms with Crippen LogP contribution in [0.5, 0.6) is 5.75 Å². The number of rotatable bonds is 8. The van der Waals surface area contributed by atoms with E-state index >= 15 is 0 Å².